The number of carbonyl (C=O) groups excluding carboxylic acids is 1. The van der Waals surface area contributed by atoms with Crippen LogP contribution in [0.1, 0.15) is 25.7 Å². The minimum atomic E-state index is 0.0154. The number of hydrogen-bond donors (Lipinski definition) is 2. The number of aromatic nitrogens is 3. The largest absolute Gasteiger partial charge is 0.317 e. The molecule has 20 heavy (non-hydrogen) atoms. The highest BCUT2D eigenvalue weighted by molar-refractivity contribution is 5.89. The first-order valence-corrected chi connectivity index (χ1v) is 7.13. The van der Waals surface area contributed by atoms with Crippen molar-refractivity contribution in [2.24, 2.45) is 5.92 Å². The van der Waals surface area contributed by atoms with E-state index in [1.165, 1.54) is 12.8 Å². The molecular formula is C14H19N5O. The molecule has 2 N–H and O–H groups in total. The number of hydrogen-bond acceptors (Lipinski definition) is 4. The summed E-state index contributed by atoms with van der Waals surface area (Å²) in [4.78, 5) is 12.0. The maximum atomic E-state index is 12.0. The Bertz CT molecular complexity index is 588. The van der Waals surface area contributed by atoms with Crippen molar-refractivity contribution in [1.82, 2.24) is 19.9 Å². The number of nitrogens with one attached hydrogen (secondary N) is 2. The molecule has 3 heterocycles. The van der Waals surface area contributed by atoms with Crippen LogP contribution >= 0.6 is 0 Å². The van der Waals surface area contributed by atoms with Gasteiger partial charge >= 0.3 is 0 Å². The van der Waals surface area contributed by atoms with Gasteiger partial charge < -0.3 is 5.32 Å². The molecule has 1 fully saturated rings. The Kier molecular flexibility index (Phi) is 3.92. The molecule has 1 aliphatic heterocycles. The summed E-state index contributed by atoms with van der Waals surface area (Å²) in [5.41, 5.74) is 0.737. The third-order valence-corrected chi connectivity index (χ3v) is 3.80. The van der Waals surface area contributed by atoms with Gasteiger partial charge in [-0.1, -0.05) is 6.07 Å². The van der Waals surface area contributed by atoms with Crippen LogP contribution in [0.15, 0.2) is 24.4 Å². The molecule has 0 aliphatic carbocycles. The third-order valence-electron chi connectivity index (χ3n) is 3.80. The minimum absolute atomic E-state index is 0.0154. The van der Waals surface area contributed by atoms with Crippen molar-refractivity contribution < 1.29 is 4.79 Å². The fraction of sp³-hybridized carbons (Fsp3) is 0.500. The summed E-state index contributed by atoms with van der Waals surface area (Å²) < 4.78 is 1.78. The topological polar surface area (TPSA) is 71.3 Å². The maximum absolute atomic E-state index is 12.0. The number of carbonyl (C=O) groups is 1. The Morgan fingerprint density at radius 1 is 1.35 bits per heavy atom. The molecule has 6 heteroatoms. The van der Waals surface area contributed by atoms with Crippen molar-refractivity contribution in [3.63, 3.8) is 0 Å². The highest BCUT2D eigenvalue weighted by Gasteiger charge is 2.15. The second-order valence-electron chi connectivity index (χ2n) is 5.23. The summed E-state index contributed by atoms with van der Waals surface area (Å²) in [7, 11) is 0. The van der Waals surface area contributed by atoms with E-state index in [-0.39, 0.29) is 5.91 Å². The lowest BCUT2D eigenvalue weighted by molar-refractivity contribution is -0.116. The molecular weight excluding hydrogens is 254 g/mol. The highest BCUT2D eigenvalue weighted by Crippen LogP contribution is 2.18. The molecule has 0 radical (unpaired) electrons. The standard InChI is InChI=1S/C14H19N5O/c20-13(5-4-11-6-8-15-9-7-11)16-14-18-17-12-3-1-2-10-19(12)14/h1-3,10-11,15H,4-9H2,(H,16,18,20). The predicted molar refractivity (Wildman–Crippen MR) is 76.4 cm³/mol. The van der Waals surface area contributed by atoms with Crippen LogP contribution in [-0.2, 0) is 4.79 Å². The van der Waals surface area contributed by atoms with E-state index in [4.69, 9.17) is 0 Å². The molecule has 0 unspecified atom stereocenters. The van der Waals surface area contributed by atoms with Gasteiger partial charge in [0.2, 0.25) is 11.9 Å². The summed E-state index contributed by atoms with van der Waals surface area (Å²) in [6, 6.07) is 5.64. The monoisotopic (exact) mass is 273 g/mol. The van der Waals surface area contributed by atoms with Crippen LogP contribution in [0.5, 0.6) is 0 Å². The number of nitrogens with zero attached hydrogens (tertiary/aromatic N) is 3. The van der Waals surface area contributed by atoms with Crippen molar-refractivity contribution in [2.45, 2.75) is 25.7 Å². The van der Waals surface area contributed by atoms with Crippen molar-refractivity contribution in [3.8, 4) is 0 Å². The van der Waals surface area contributed by atoms with Crippen molar-refractivity contribution in [1.29, 1.82) is 0 Å². The van der Waals surface area contributed by atoms with Crippen molar-refractivity contribution in [2.75, 3.05) is 18.4 Å². The zero-order chi connectivity index (χ0) is 13.8. The van der Waals surface area contributed by atoms with E-state index in [9.17, 15) is 4.79 Å². The summed E-state index contributed by atoms with van der Waals surface area (Å²) >= 11 is 0. The smallest absolute Gasteiger partial charge is 0.235 e. The van der Waals surface area contributed by atoms with Gasteiger partial charge in [-0.3, -0.25) is 14.5 Å². The zero-order valence-corrected chi connectivity index (χ0v) is 11.4. The molecule has 1 saturated heterocycles. The molecule has 2 aromatic heterocycles. The normalized spacial score (nSPS) is 16.4. The lowest BCUT2D eigenvalue weighted by Gasteiger charge is -2.21. The van der Waals surface area contributed by atoms with Gasteiger partial charge in [0, 0.05) is 12.6 Å². The summed E-state index contributed by atoms with van der Waals surface area (Å²) in [6.07, 6.45) is 5.68. The molecule has 2 aromatic rings. The summed E-state index contributed by atoms with van der Waals surface area (Å²) in [5, 5.41) is 14.2. The van der Waals surface area contributed by atoms with Crippen molar-refractivity contribution in [3.05, 3.63) is 24.4 Å². The Labute approximate surface area is 117 Å². The van der Waals surface area contributed by atoms with Crippen LogP contribution in [-0.4, -0.2) is 33.6 Å². The SMILES string of the molecule is O=C(CCC1CCNCC1)Nc1nnc2ccccn12. The van der Waals surface area contributed by atoms with Gasteiger partial charge in [-0.05, 0) is 50.4 Å². The number of piperidine rings is 1. The number of fused-ring (bicyclic) bond motifs is 1. The average molecular weight is 273 g/mol. The van der Waals surface area contributed by atoms with E-state index in [1.54, 1.807) is 4.40 Å². The van der Waals surface area contributed by atoms with E-state index in [1.807, 2.05) is 24.4 Å². The molecule has 6 nitrogen and oxygen atoms in total. The fourth-order valence-corrected chi connectivity index (χ4v) is 2.62. The Hall–Kier alpha value is -1.95. The molecule has 1 aliphatic rings. The van der Waals surface area contributed by atoms with Gasteiger partial charge in [0.25, 0.3) is 0 Å². The van der Waals surface area contributed by atoms with Gasteiger partial charge in [0.05, 0.1) is 0 Å². The quantitative estimate of drug-likeness (QED) is 0.884. The van der Waals surface area contributed by atoms with Crippen LogP contribution in [0.4, 0.5) is 5.95 Å². The van der Waals surface area contributed by atoms with E-state index >= 15 is 0 Å². The molecule has 1 amide bonds. The van der Waals surface area contributed by atoms with Crippen LogP contribution < -0.4 is 10.6 Å². The minimum Gasteiger partial charge on any atom is -0.317 e. The second-order valence-corrected chi connectivity index (χ2v) is 5.23. The number of rotatable bonds is 4. The Morgan fingerprint density at radius 3 is 3.05 bits per heavy atom. The molecule has 106 valence electrons. The Balaban J connectivity index is 1.55. The molecule has 0 spiro atoms. The molecule has 0 atom stereocenters. The summed E-state index contributed by atoms with van der Waals surface area (Å²) in [6.45, 7) is 2.14. The molecule has 0 aromatic carbocycles. The van der Waals surface area contributed by atoms with Crippen LogP contribution in [0.3, 0.4) is 0 Å². The molecule has 0 saturated carbocycles. The highest BCUT2D eigenvalue weighted by atomic mass is 16.1. The van der Waals surface area contributed by atoms with Gasteiger partial charge in [-0.2, -0.15) is 0 Å². The molecule has 3 rings (SSSR count). The average Bonchev–Trinajstić information content (AvgIpc) is 2.90. The fourth-order valence-electron chi connectivity index (χ4n) is 2.62. The first-order valence-electron chi connectivity index (χ1n) is 7.13. The van der Waals surface area contributed by atoms with E-state index in [0.29, 0.717) is 18.3 Å². The van der Waals surface area contributed by atoms with Crippen LogP contribution in [0.25, 0.3) is 5.65 Å². The van der Waals surface area contributed by atoms with Crippen LogP contribution in [0.2, 0.25) is 0 Å². The number of anilines is 1. The van der Waals surface area contributed by atoms with Crippen LogP contribution in [0, 0.1) is 5.92 Å². The number of amides is 1. The molecule has 0 bridgehead atoms. The van der Waals surface area contributed by atoms with Gasteiger partial charge in [-0.15, -0.1) is 10.2 Å². The zero-order valence-electron chi connectivity index (χ0n) is 11.4. The first kappa shape index (κ1) is 13.1. The second kappa shape index (κ2) is 6.00. The predicted octanol–water partition coefficient (Wildman–Crippen LogP) is 1.45. The van der Waals surface area contributed by atoms with Gasteiger partial charge in [0.1, 0.15) is 0 Å². The van der Waals surface area contributed by atoms with Crippen molar-refractivity contribution >= 4 is 17.5 Å². The first-order chi connectivity index (χ1) is 9.83. The van der Waals surface area contributed by atoms with E-state index in [0.717, 1.165) is 25.2 Å². The van der Waals surface area contributed by atoms with E-state index in [2.05, 4.69) is 20.8 Å². The third kappa shape index (κ3) is 2.96. The number of pyridine rings is 1. The Morgan fingerprint density at radius 2 is 2.20 bits per heavy atom. The lowest BCUT2D eigenvalue weighted by atomic mass is 9.93. The van der Waals surface area contributed by atoms with Gasteiger partial charge in [-0.25, -0.2) is 0 Å². The maximum Gasteiger partial charge on any atom is 0.235 e. The van der Waals surface area contributed by atoms with Gasteiger partial charge in [0.15, 0.2) is 5.65 Å². The lowest BCUT2D eigenvalue weighted by Crippen LogP contribution is -2.28. The van der Waals surface area contributed by atoms with E-state index < -0.39 is 0 Å². The summed E-state index contributed by atoms with van der Waals surface area (Å²) in [5.74, 6) is 1.18.